The second-order valence-electron chi connectivity index (χ2n) is 6.08. The van der Waals surface area contributed by atoms with Crippen molar-refractivity contribution in [1.29, 1.82) is 0 Å². The minimum absolute atomic E-state index is 0.0122. The van der Waals surface area contributed by atoms with Gasteiger partial charge in [-0.05, 0) is 11.6 Å². The predicted molar refractivity (Wildman–Crippen MR) is 89.5 cm³/mol. The third-order valence-corrected chi connectivity index (χ3v) is 4.68. The molecule has 1 aliphatic carbocycles. The second kappa shape index (κ2) is 6.75. The summed E-state index contributed by atoms with van der Waals surface area (Å²) in [6.45, 7) is -0.219. The van der Waals surface area contributed by atoms with Crippen LogP contribution in [-0.4, -0.2) is 26.9 Å². The topological polar surface area (TPSA) is 47.6 Å². The Morgan fingerprint density at radius 2 is 1.63 bits per heavy atom. The van der Waals surface area contributed by atoms with Crippen LogP contribution in [0, 0.1) is 0 Å². The molecule has 8 heteroatoms. The summed E-state index contributed by atoms with van der Waals surface area (Å²) in [6.07, 6.45) is -0.799. The zero-order valence-electron chi connectivity index (χ0n) is 14.6. The fourth-order valence-electron chi connectivity index (χ4n) is 3.41. The number of carbonyl (C=O) groups is 1. The third kappa shape index (κ3) is 2.89. The predicted octanol–water partition coefficient (Wildman–Crippen LogP) is 4.38. The number of rotatable bonds is 3. The Labute approximate surface area is 153 Å². The summed E-state index contributed by atoms with van der Waals surface area (Å²) >= 11 is 0. The van der Waals surface area contributed by atoms with Crippen molar-refractivity contribution >= 4 is 6.09 Å². The highest BCUT2D eigenvalue weighted by molar-refractivity contribution is 5.67. The van der Waals surface area contributed by atoms with Crippen molar-refractivity contribution in [2.45, 2.75) is 17.8 Å². The summed E-state index contributed by atoms with van der Waals surface area (Å²) in [7, 11) is 2.42. The first-order chi connectivity index (χ1) is 12.8. The second-order valence-corrected chi connectivity index (χ2v) is 6.08. The van der Waals surface area contributed by atoms with Gasteiger partial charge in [0, 0.05) is 29.2 Å². The van der Waals surface area contributed by atoms with Crippen LogP contribution in [0.3, 0.4) is 0 Å². The number of hydrogen-bond acceptors (Lipinski definition) is 3. The van der Waals surface area contributed by atoms with Crippen molar-refractivity contribution in [3.8, 4) is 5.75 Å². The van der Waals surface area contributed by atoms with E-state index in [1.807, 2.05) is 0 Å². The standard InChI is InChI=1S/C19H17F4NO3/c1-26-15-9-5-8-14-16(15)12(10-24-17(25)27-2)11-6-3-4-7-13(11)18(20,21)19(14,22)23/h3-9,12H,10H2,1-2H3,(H,24,25). The van der Waals surface area contributed by atoms with Crippen molar-refractivity contribution in [3.63, 3.8) is 0 Å². The van der Waals surface area contributed by atoms with E-state index >= 15 is 0 Å². The van der Waals surface area contributed by atoms with Gasteiger partial charge in [0.15, 0.2) is 0 Å². The van der Waals surface area contributed by atoms with Crippen LogP contribution in [0.2, 0.25) is 0 Å². The van der Waals surface area contributed by atoms with E-state index in [9.17, 15) is 22.4 Å². The van der Waals surface area contributed by atoms with Crippen molar-refractivity contribution in [3.05, 3.63) is 64.7 Å². The van der Waals surface area contributed by atoms with E-state index in [-0.39, 0.29) is 23.4 Å². The number of hydrogen-bond donors (Lipinski definition) is 1. The van der Waals surface area contributed by atoms with Gasteiger partial charge in [-0.3, -0.25) is 0 Å². The molecule has 144 valence electrons. The van der Waals surface area contributed by atoms with Gasteiger partial charge in [0.2, 0.25) is 0 Å². The molecule has 0 spiro atoms. The SMILES string of the molecule is COC(=O)NCC1c2ccccc2C(F)(F)C(F)(F)c2cccc(OC)c21. The van der Waals surface area contributed by atoms with Crippen molar-refractivity contribution in [1.82, 2.24) is 5.32 Å². The molecule has 1 amide bonds. The molecule has 0 saturated carbocycles. The van der Waals surface area contributed by atoms with Crippen molar-refractivity contribution < 1.29 is 31.8 Å². The van der Waals surface area contributed by atoms with Gasteiger partial charge >= 0.3 is 17.9 Å². The van der Waals surface area contributed by atoms with Crippen LogP contribution in [0.5, 0.6) is 5.75 Å². The minimum Gasteiger partial charge on any atom is -0.496 e. The van der Waals surface area contributed by atoms with Crippen LogP contribution in [0.25, 0.3) is 0 Å². The average molecular weight is 383 g/mol. The Morgan fingerprint density at radius 3 is 2.30 bits per heavy atom. The molecule has 2 aromatic carbocycles. The van der Waals surface area contributed by atoms with E-state index in [2.05, 4.69) is 10.1 Å². The fourth-order valence-corrected chi connectivity index (χ4v) is 3.41. The Bertz CT molecular complexity index is 870. The van der Waals surface area contributed by atoms with Crippen LogP contribution in [-0.2, 0) is 16.6 Å². The molecule has 0 aliphatic heterocycles. The summed E-state index contributed by atoms with van der Waals surface area (Å²) in [4.78, 5) is 11.5. The molecule has 0 radical (unpaired) electrons. The van der Waals surface area contributed by atoms with Crippen molar-refractivity contribution in [2.75, 3.05) is 20.8 Å². The Balaban J connectivity index is 2.32. The lowest BCUT2D eigenvalue weighted by Crippen LogP contribution is -2.35. The molecule has 3 rings (SSSR count). The monoisotopic (exact) mass is 383 g/mol. The molecular formula is C19H17F4NO3. The molecule has 1 N–H and O–H groups in total. The smallest absolute Gasteiger partial charge is 0.406 e. The molecule has 27 heavy (non-hydrogen) atoms. The molecule has 1 unspecified atom stereocenters. The summed E-state index contributed by atoms with van der Waals surface area (Å²) in [5, 5.41) is 2.41. The highest BCUT2D eigenvalue weighted by atomic mass is 19.3. The van der Waals surface area contributed by atoms with Crippen LogP contribution >= 0.6 is 0 Å². The van der Waals surface area contributed by atoms with E-state index in [1.165, 1.54) is 37.4 Å². The molecule has 2 aromatic rings. The number of carbonyl (C=O) groups excluding carboxylic acids is 1. The number of alkyl halides is 4. The third-order valence-electron chi connectivity index (χ3n) is 4.68. The van der Waals surface area contributed by atoms with Gasteiger partial charge in [-0.25, -0.2) is 4.79 Å². The highest BCUT2D eigenvalue weighted by Crippen LogP contribution is 2.57. The molecule has 0 heterocycles. The Hall–Kier alpha value is -2.77. The van der Waals surface area contributed by atoms with Gasteiger partial charge < -0.3 is 14.8 Å². The molecule has 0 bridgehead atoms. The lowest BCUT2D eigenvalue weighted by atomic mass is 9.87. The molecule has 1 aliphatic rings. The maximum absolute atomic E-state index is 15.0. The maximum Gasteiger partial charge on any atom is 0.406 e. The summed E-state index contributed by atoms with van der Waals surface area (Å²) in [5.41, 5.74) is -1.72. The van der Waals surface area contributed by atoms with Gasteiger partial charge in [-0.1, -0.05) is 36.4 Å². The molecule has 0 aromatic heterocycles. The molecule has 1 atom stereocenters. The van der Waals surface area contributed by atoms with Crippen LogP contribution < -0.4 is 10.1 Å². The number of halogens is 4. The summed E-state index contributed by atoms with van der Waals surface area (Å²) < 4.78 is 69.4. The first-order valence-electron chi connectivity index (χ1n) is 8.10. The van der Waals surface area contributed by atoms with E-state index in [0.29, 0.717) is 0 Å². The number of nitrogens with one attached hydrogen (secondary N) is 1. The zero-order valence-corrected chi connectivity index (χ0v) is 14.6. The van der Waals surface area contributed by atoms with Gasteiger partial charge in [0.05, 0.1) is 14.2 Å². The summed E-state index contributed by atoms with van der Waals surface area (Å²) in [6, 6.07) is 8.72. The lowest BCUT2D eigenvalue weighted by molar-refractivity contribution is -0.223. The molecule has 0 saturated heterocycles. The number of alkyl carbamates (subject to hydrolysis) is 1. The number of fused-ring (bicyclic) bond motifs is 2. The van der Waals surface area contributed by atoms with Gasteiger partial charge in [0.1, 0.15) is 5.75 Å². The number of benzene rings is 2. The van der Waals surface area contributed by atoms with Crippen LogP contribution in [0.4, 0.5) is 22.4 Å². The molecule has 0 fully saturated rings. The van der Waals surface area contributed by atoms with Crippen LogP contribution in [0.15, 0.2) is 42.5 Å². The minimum atomic E-state index is -4.47. The largest absolute Gasteiger partial charge is 0.496 e. The fraction of sp³-hybridized carbons (Fsp3) is 0.316. The molecule has 4 nitrogen and oxygen atoms in total. The van der Waals surface area contributed by atoms with E-state index in [1.54, 1.807) is 0 Å². The number of ether oxygens (including phenoxy) is 2. The quantitative estimate of drug-likeness (QED) is 0.801. The van der Waals surface area contributed by atoms with Crippen LogP contribution in [0.1, 0.15) is 28.2 Å². The molecular weight excluding hydrogens is 366 g/mol. The zero-order chi connectivity index (χ0) is 19.8. The number of amides is 1. The average Bonchev–Trinajstić information content (AvgIpc) is 2.72. The maximum atomic E-state index is 15.0. The first kappa shape index (κ1) is 19.0. The van der Waals surface area contributed by atoms with E-state index in [4.69, 9.17) is 4.74 Å². The van der Waals surface area contributed by atoms with Gasteiger partial charge in [-0.15, -0.1) is 0 Å². The lowest BCUT2D eigenvalue weighted by Gasteiger charge is -2.27. The summed E-state index contributed by atoms with van der Waals surface area (Å²) in [5.74, 6) is -9.85. The van der Waals surface area contributed by atoms with Crippen molar-refractivity contribution in [2.24, 2.45) is 0 Å². The van der Waals surface area contributed by atoms with Gasteiger partial charge in [-0.2, -0.15) is 17.6 Å². The first-order valence-corrected chi connectivity index (χ1v) is 8.10. The number of methoxy groups -OCH3 is 2. The Morgan fingerprint density at radius 1 is 1.00 bits per heavy atom. The van der Waals surface area contributed by atoms with Gasteiger partial charge in [0.25, 0.3) is 0 Å². The highest BCUT2D eigenvalue weighted by Gasteiger charge is 2.62. The van der Waals surface area contributed by atoms with E-state index < -0.39 is 35.0 Å². The normalized spacial score (nSPS) is 19.3. The van der Waals surface area contributed by atoms with E-state index in [0.717, 1.165) is 19.2 Å². The Kier molecular flexibility index (Phi) is 4.75.